The number of carbonyl (C=O) groups is 1. The molecule has 7 nitrogen and oxygen atoms in total. The number of benzene rings is 2. The number of urea groups is 1. The lowest BCUT2D eigenvalue weighted by Gasteiger charge is -2.22. The molecule has 0 atom stereocenters. The summed E-state index contributed by atoms with van der Waals surface area (Å²) in [4.78, 5) is 16.9. The van der Waals surface area contributed by atoms with Crippen molar-refractivity contribution in [3.63, 3.8) is 0 Å². The second-order valence-corrected chi connectivity index (χ2v) is 8.65. The Morgan fingerprint density at radius 3 is 2.36 bits per heavy atom. The first-order valence-corrected chi connectivity index (χ1v) is 10.8. The zero-order valence-corrected chi connectivity index (χ0v) is 16.8. The third-order valence-corrected chi connectivity index (χ3v) is 6.24. The molecule has 0 saturated carbocycles. The second kappa shape index (κ2) is 9.18. The highest BCUT2D eigenvalue weighted by atomic mass is 32.2. The van der Waals surface area contributed by atoms with Crippen molar-refractivity contribution in [2.24, 2.45) is 0 Å². The van der Waals surface area contributed by atoms with Crippen molar-refractivity contribution in [3.8, 4) is 0 Å². The summed E-state index contributed by atoms with van der Waals surface area (Å²) in [6.07, 6.45) is 0.916. The molecule has 2 aromatic carbocycles. The first-order chi connectivity index (χ1) is 13.5. The standard InChI is InChI=1S/C20H26N4O3S/c1-21-28(26,27)19-10-8-18(9-11-19)22-20(25)24-13-5-12-23(14-15-24)16-17-6-3-2-4-7-17/h2-4,6-11,21H,5,12-16H2,1H3,(H,22,25). The summed E-state index contributed by atoms with van der Waals surface area (Å²) in [5, 5.41) is 2.85. The Labute approximate surface area is 166 Å². The van der Waals surface area contributed by atoms with Gasteiger partial charge in [-0.05, 0) is 43.3 Å². The van der Waals surface area contributed by atoms with Crippen LogP contribution in [0.25, 0.3) is 0 Å². The van der Waals surface area contributed by atoms with Gasteiger partial charge in [0, 0.05) is 38.4 Å². The van der Waals surface area contributed by atoms with Crippen LogP contribution in [0.4, 0.5) is 10.5 Å². The van der Waals surface area contributed by atoms with E-state index in [1.54, 1.807) is 12.1 Å². The van der Waals surface area contributed by atoms with Crippen LogP contribution in [0.2, 0.25) is 0 Å². The van der Waals surface area contributed by atoms with Crippen molar-refractivity contribution in [2.45, 2.75) is 17.9 Å². The molecule has 2 amide bonds. The molecule has 0 aromatic heterocycles. The molecule has 3 rings (SSSR count). The van der Waals surface area contributed by atoms with E-state index < -0.39 is 10.0 Å². The van der Waals surface area contributed by atoms with Gasteiger partial charge in [0.15, 0.2) is 0 Å². The van der Waals surface area contributed by atoms with Crippen LogP contribution in [0.3, 0.4) is 0 Å². The highest BCUT2D eigenvalue weighted by molar-refractivity contribution is 7.89. The fourth-order valence-corrected chi connectivity index (χ4v) is 3.94. The summed E-state index contributed by atoms with van der Waals surface area (Å²) < 4.78 is 25.8. The van der Waals surface area contributed by atoms with Crippen molar-refractivity contribution in [1.29, 1.82) is 0 Å². The smallest absolute Gasteiger partial charge is 0.321 e. The number of nitrogens with zero attached hydrogens (tertiary/aromatic N) is 2. The minimum atomic E-state index is -3.48. The number of carbonyl (C=O) groups excluding carboxylic acids is 1. The Morgan fingerprint density at radius 1 is 0.964 bits per heavy atom. The topological polar surface area (TPSA) is 81.8 Å². The van der Waals surface area contributed by atoms with E-state index in [4.69, 9.17) is 0 Å². The molecule has 2 N–H and O–H groups in total. The zero-order chi connectivity index (χ0) is 20.0. The third kappa shape index (κ3) is 5.31. The van der Waals surface area contributed by atoms with E-state index in [9.17, 15) is 13.2 Å². The molecule has 0 spiro atoms. The zero-order valence-electron chi connectivity index (χ0n) is 16.0. The summed E-state index contributed by atoms with van der Waals surface area (Å²) in [5.74, 6) is 0. The summed E-state index contributed by atoms with van der Waals surface area (Å²) in [7, 11) is -2.11. The summed E-state index contributed by atoms with van der Waals surface area (Å²) in [6, 6.07) is 16.3. The van der Waals surface area contributed by atoms with Crippen LogP contribution in [0.1, 0.15) is 12.0 Å². The largest absolute Gasteiger partial charge is 0.323 e. The number of rotatable bonds is 5. The van der Waals surface area contributed by atoms with E-state index in [2.05, 4.69) is 27.1 Å². The molecule has 28 heavy (non-hydrogen) atoms. The van der Waals surface area contributed by atoms with Crippen LogP contribution in [0.15, 0.2) is 59.5 Å². The van der Waals surface area contributed by atoms with Crippen molar-refractivity contribution in [3.05, 3.63) is 60.2 Å². The highest BCUT2D eigenvalue weighted by Crippen LogP contribution is 2.15. The third-order valence-electron chi connectivity index (χ3n) is 4.81. The van der Waals surface area contributed by atoms with E-state index in [1.807, 2.05) is 23.1 Å². The van der Waals surface area contributed by atoms with Crippen molar-refractivity contribution < 1.29 is 13.2 Å². The molecule has 2 aromatic rings. The van der Waals surface area contributed by atoms with Gasteiger partial charge in [-0.15, -0.1) is 0 Å². The van der Waals surface area contributed by atoms with Gasteiger partial charge in [0.25, 0.3) is 0 Å². The van der Waals surface area contributed by atoms with Gasteiger partial charge in [0.1, 0.15) is 0 Å². The number of nitrogens with one attached hydrogen (secondary N) is 2. The van der Waals surface area contributed by atoms with Crippen LogP contribution in [0, 0.1) is 0 Å². The number of anilines is 1. The van der Waals surface area contributed by atoms with Gasteiger partial charge in [-0.2, -0.15) is 0 Å². The quantitative estimate of drug-likeness (QED) is 0.804. The van der Waals surface area contributed by atoms with Gasteiger partial charge in [-0.25, -0.2) is 17.9 Å². The molecule has 0 bridgehead atoms. The van der Waals surface area contributed by atoms with Gasteiger partial charge in [0.2, 0.25) is 10.0 Å². The first kappa shape index (κ1) is 20.3. The van der Waals surface area contributed by atoms with Gasteiger partial charge in [-0.1, -0.05) is 30.3 Å². The Morgan fingerprint density at radius 2 is 1.68 bits per heavy atom. The monoisotopic (exact) mass is 402 g/mol. The van der Waals surface area contributed by atoms with Crippen LogP contribution >= 0.6 is 0 Å². The van der Waals surface area contributed by atoms with Crippen molar-refractivity contribution in [2.75, 3.05) is 38.5 Å². The van der Waals surface area contributed by atoms with Gasteiger partial charge < -0.3 is 10.2 Å². The number of hydrogen-bond acceptors (Lipinski definition) is 4. The lowest BCUT2D eigenvalue weighted by Crippen LogP contribution is -2.38. The van der Waals surface area contributed by atoms with Gasteiger partial charge in [0.05, 0.1) is 4.90 Å². The molecular weight excluding hydrogens is 376 g/mol. The fourth-order valence-electron chi connectivity index (χ4n) is 3.21. The van der Waals surface area contributed by atoms with Crippen molar-refractivity contribution in [1.82, 2.24) is 14.5 Å². The Bertz CT molecular complexity index is 885. The molecule has 1 saturated heterocycles. The van der Waals surface area contributed by atoms with Crippen LogP contribution < -0.4 is 10.0 Å². The van der Waals surface area contributed by atoms with E-state index in [0.29, 0.717) is 18.8 Å². The number of amides is 2. The summed E-state index contributed by atoms with van der Waals surface area (Å²) in [5.41, 5.74) is 1.85. The molecule has 1 aliphatic rings. The van der Waals surface area contributed by atoms with Crippen molar-refractivity contribution >= 4 is 21.7 Å². The Balaban J connectivity index is 1.55. The van der Waals surface area contributed by atoms with Gasteiger partial charge >= 0.3 is 6.03 Å². The molecule has 0 aliphatic carbocycles. The van der Waals surface area contributed by atoms with E-state index in [-0.39, 0.29) is 10.9 Å². The summed E-state index contributed by atoms with van der Waals surface area (Å²) in [6.45, 7) is 4.02. The summed E-state index contributed by atoms with van der Waals surface area (Å²) >= 11 is 0. The average Bonchev–Trinajstić information content (AvgIpc) is 2.95. The predicted molar refractivity (Wildman–Crippen MR) is 110 cm³/mol. The lowest BCUT2D eigenvalue weighted by molar-refractivity contribution is 0.211. The van der Waals surface area contributed by atoms with Crippen LogP contribution in [-0.4, -0.2) is 57.5 Å². The van der Waals surface area contributed by atoms with E-state index >= 15 is 0 Å². The van der Waals surface area contributed by atoms with Gasteiger partial charge in [-0.3, -0.25) is 4.90 Å². The molecule has 1 fully saturated rings. The van der Waals surface area contributed by atoms with E-state index in [1.165, 1.54) is 24.7 Å². The lowest BCUT2D eigenvalue weighted by atomic mass is 10.2. The van der Waals surface area contributed by atoms with Crippen LogP contribution in [0.5, 0.6) is 0 Å². The highest BCUT2D eigenvalue weighted by Gasteiger charge is 2.19. The SMILES string of the molecule is CNS(=O)(=O)c1ccc(NC(=O)N2CCCN(Cc3ccccc3)CC2)cc1. The van der Waals surface area contributed by atoms with E-state index in [0.717, 1.165) is 26.1 Å². The predicted octanol–water partition coefficient (Wildman–Crippen LogP) is 2.33. The average molecular weight is 403 g/mol. The minimum absolute atomic E-state index is 0.161. The molecule has 150 valence electrons. The molecule has 0 radical (unpaired) electrons. The number of hydrogen-bond donors (Lipinski definition) is 2. The maximum Gasteiger partial charge on any atom is 0.321 e. The number of sulfonamides is 1. The second-order valence-electron chi connectivity index (χ2n) is 6.76. The normalized spacial score (nSPS) is 15.8. The molecule has 8 heteroatoms. The van der Waals surface area contributed by atoms with Crippen LogP contribution in [-0.2, 0) is 16.6 Å². The first-order valence-electron chi connectivity index (χ1n) is 9.34. The molecular formula is C20H26N4O3S. The Kier molecular flexibility index (Phi) is 6.66. The fraction of sp³-hybridized carbons (Fsp3) is 0.350. The minimum Gasteiger partial charge on any atom is -0.323 e. The molecule has 1 heterocycles. The Hall–Kier alpha value is -2.42. The molecule has 1 aliphatic heterocycles. The molecule has 0 unspecified atom stereocenters. The maximum absolute atomic E-state index is 12.6. The maximum atomic E-state index is 12.6.